The molecule has 1 N–H and O–H groups in total. The van der Waals surface area contributed by atoms with Gasteiger partial charge < -0.3 is 4.98 Å². The summed E-state index contributed by atoms with van der Waals surface area (Å²) in [6.07, 6.45) is 2.98. The van der Waals surface area contributed by atoms with Gasteiger partial charge in [-0.3, -0.25) is 9.78 Å². The molecular formula is C12H13N3O. The predicted octanol–water partition coefficient (Wildman–Crippen LogP) is 2.13. The van der Waals surface area contributed by atoms with Gasteiger partial charge in [-0.2, -0.15) is 5.26 Å². The number of fused-ring (bicyclic) bond motifs is 1. The molecule has 0 atom stereocenters. The molecule has 16 heavy (non-hydrogen) atoms. The second-order valence-corrected chi connectivity index (χ2v) is 2.99. The molecule has 82 valence electrons. The third-order valence-electron chi connectivity index (χ3n) is 2.10. The Labute approximate surface area is 93.6 Å². The maximum Gasteiger partial charge on any atom is 0.225 e. The summed E-state index contributed by atoms with van der Waals surface area (Å²) in [7, 11) is 0. The number of pyridine rings is 2. The highest BCUT2D eigenvalue weighted by atomic mass is 16.1. The van der Waals surface area contributed by atoms with E-state index < -0.39 is 0 Å². The molecule has 2 aromatic heterocycles. The van der Waals surface area contributed by atoms with Gasteiger partial charge in [-0.05, 0) is 18.6 Å². The van der Waals surface area contributed by atoms with Crippen molar-refractivity contribution in [2.45, 2.75) is 20.8 Å². The molecule has 2 aromatic rings. The quantitative estimate of drug-likeness (QED) is 0.731. The summed E-state index contributed by atoms with van der Waals surface area (Å²) < 4.78 is 0. The summed E-state index contributed by atoms with van der Waals surface area (Å²) in [6, 6.07) is 3.63. The summed E-state index contributed by atoms with van der Waals surface area (Å²) in [5, 5.41) is 8.65. The lowest BCUT2D eigenvalue weighted by Gasteiger charge is -1.99. The SMILES string of the molecule is CC.Cc1ccnc2c(=O)c(C#N)c[nH]c12. The Bertz CT molecular complexity index is 593. The first-order valence-corrected chi connectivity index (χ1v) is 5.11. The minimum atomic E-state index is -0.315. The second-order valence-electron chi connectivity index (χ2n) is 2.99. The zero-order valence-corrected chi connectivity index (χ0v) is 9.53. The number of nitriles is 1. The molecule has 0 aliphatic heterocycles. The van der Waals surface area contributed by atoms with Crippen LogP contribution in [0.4, 0.5) is 0 Å². The monoisotopic (exact) mass is 215 g/mol. The van der Waals surface area contributed by atoms with E-state index in [1.54, 1.807) is 6.20 Å². The van der Waals surface area contributed by atoms with Gasteiger partial charge in [-0.1, -0.05) is 13.8 Å². The highest BCUT2D eigenvalue weighted by Crippen LogP contribution is 2.09. The smallest absolute Gasteiger partial charge is 0.225 e. The largest absolute Gasteiger partial charge is 0.358 e. The summed E-state index contributed by atoms with van der Waals surface area (Å²) in [6.45, 7) is 5.88. The lowest BCUT2D eigenvalue weighted by atomic mass is 10.2. The fraction of sp³-hybridized carbons (Fsp3) is 0.250. The van der Waals surface area contributed by atoms with Gasteiger partial charge in [0, 0.05) is 12.4 Å². The van der Waals surface area contributed by atoms with Gasteiger partial charge in [0.25, 0.3) is 0 Å². The van der Waals surface area contributed by atoms with Crippen molar-refractivity contribution >= 4 is 11.0 Å². The molecule has 0 fully saturated rings. The Hall–Kier alpha value is -2.15. The lowest BCUT2D eigenvalue weighted by molar-refractivity contribution is 1.26. The van der Waals surface area contributed by atoms with Crippen molar-refractivity contribution in [2.75, 3.05) is 0 Å². The molecule has 2 rings (SSSR count). The summed E-state index contributed by atoms with van der Waals surface area (Å²) >= 11 is 0. The maximum absolute atomic E-state index is 11.6. The minimum Gasteiger partial charge on any atom is -0.358 e. The first-order valence-electron chi connectivity index (χ1n) is 5.11. The van der Waals surface area contributed by atoms with Gasteiger partial charge in [0.1, 0.15) is 17.1 Å². The molecule has 0 aliphatic carbocycles. The Morgan fingerprint density at radius 2 is 2.12 bits per heavy atom. The van der Waals surface area contributed by atoms with E-state index in [1.807, 2.05) is 32.9 Å². The third kappa shape index (κ3) is 1.94. The number of H-pyrrole nitrogens is 1. The van der Waals surface area contributed by atoms with E-state index in [2.05, 4.69) is 9.97 Å². The molecular weight excluding hydrogens is 202 g/mol. The van der Waals surface area contributed by atoms with E-state index in [9.17, 15) is 4.79 Å². The van der Waals surface area contributed by atoms with Crippen LogP contribution in [0, 0.1) is 18.3 Å². The van der Waals surface area contributed by atoms with Crippen molar-refractivity contribution in [3.63, 3.8) is 0 Å². The van der Waals surface area contributed by atoms with Crippen molar-refractivity contribution < 1.29 is 0 Å². The van der Waals surface area contributed by atoms with Gasteiger partial charge in [0.15, 0.2) is 0 Å². The van der Waals surface area contributed by atoms with Crippen molar-refractivity contribution in [1.82, 2.24) is 9.97 Å². The highest BCUT2D eigenvalue weighted by Gasteiger charge is 2.06. The first kappa shape index (κ1) is 11.9. The number of nitrogens with zero attached hydrogens (tertiary/aromatic N) is 2. The van der Waals surface area contributed by atoms with Gasteiger partial charge in [0.2, 0.25) is 5.43 Å². The Morgan fingerprint density at radius 3 is 2.75 bits per heavy atom. The predicted molar refractivity (Wildman–Crippen MR) is 63.2 cm³/mol. The second kappa shape index (κ2) is 5.08. The van der Waals surface area contributed by atoms with E-state index in [4.69, 9.17) is 5.26 Å². The van der Waals surface area contributed by atoms with Crippen LogP contribution in [0.3, 0.4) is 0 Å². The molecule has 0 aliphatic rings. The number of aromatic amines is 1. The molecule has 2 heterocycles. The van der Waals surface area contributed by atoms with E-state index in [0.717, 1.165) is 5.56 Å². The van der Waals surface area contributed by atoms with Crippen molar-refractivity contribution in [3.05, 3.63) is 39.8 Å². The molecule has 0 aromatic carbocycles. The summed E-state index contributed by atoms with van der Waals surface area (Å²) in [5.74, 6) is 0. The fourth-order valence-corrected chi connectivity index (χ4v) is 1.33. The first-order chi connectivity index (χ1) is 7.74. The zero-order chi connectivity index (χ0) is 12.1. The van der Waals surface area contributed by atoms with E-state index in [1.165, 1.54) is 6.20 Å². The van der Waals surface area contributed by atoms with Crippen LogP contribution in [0.25, 0.3) is 11.0 Å². The van der Waals surface area contributed by atoms with Gasteiger partial charge in [-0.25, -0.2) is 0 Å². The number of hydrogen-bond acceptors (Lipinski definition) is 3. The van der Waals surface area contributed by atoms with Crippen molar-refractivity contribution in [3.8, 4) is 6.07 Å². The minimum absolute atomic E-state index is 0.0931. The molecule has 0 radical (unpaired) electrons. The molecule has 0 saturated carbocycles. The van der Waals surface area contributed by atoms with Crippen LogP contribution < -0.4 is 5.43 Å². The maximum atomic E-state index is 11.6. The number of aryl methyl sites for hydroxylation is 1. The van der Waals surface area contributed by atoms with Crippen LogP contribution in [-0.4, -0.2) is 9.97 Å². The van der Waals surface area contributed by atoms with E-state index in [-0.39, 0.29) is 11.0 Å². The molecule has 0 bridgehead atoms. The van der Waals surface area contributed by atoms with Crippen molar-refractivity contribution in [1.29, 1.82) is 5.26 Å². The summed E-state index contributed by atoms with van der Waals surface area (Å²) in [5.41, 5.74) is 1.73. The normalized spacial score (nSPS) is 9.12. The number of hydrogen-bond donors (Lipinski definition) is 1. The average molecular weight is 215 g/mol. The lowest BCUT2D eigenvalue weighted by Crippen LogP contribution is -2.09. The van der Waals surface area contributed by atoms with Crippen LogP contribution in [0.15, 0.2) is 23.3 Å². The number of aromatic nitrogens is 2. The molecule has 4 heteroatoms. The molecule has 0 saturated heterocycles. The molecule has 4 nitrogen and oxygen atoms in total. The fourth-order valence-electron chi connectivity index (χ4n) is 1.33. The summed E-state index contributed by atoms with van der Waals surface area (Å²) in [4.78, 5) is 18.5. The van der Waals surface area contributed by atoms with E-state index in [0.29, 0.717) is 11.0 Å². The van der Waals surface area contributed by atoms with Crippen LogP contribution >= 0.6 is 0 Å². The topological polar surface area (TPSA) is 69.5 Å². The Balaban J connectivity index is 0.000000606. The number of nitrogens with one attached hydrogen (secondary N) is 1. The average Bonchev–Trinajstić information content (AvgIpc) is 2.33. The van der Waals surface area contributed by atoms with Crippen LogP contribution in [0.2, 0.25) is 0 Å². The highest BCUT2D eigenvalue weighted by molar-refractivity contribution is 5.78. The van der Waals surface area contributed by atoms with Crippen LogP contribution in [0.1, 0.15) is 25.0 Å². The number of rotatable bonds is 0. The third-order valence-corrected chi connectivity index (χ3v) is 2.10. The zero-order valence-electron chi connectivity index (χ0n) is 9.53. The van der Waals surface area contributed by atoms with Crippen LogP contribution in [-0.2, 0) is 0 Å². The Kier molecular flexibility index (Phi) is 3.78. The van der Waals surface area contributed by atoms with Gasteiger partial charge in [0.05, 0.1) is 5.52 Å². The molecule has 0 amide bonds. The Morgan fingerprint density at radius 1 is 1.44 bits per heavy atom. The van der Waals surface area contributed by atoms with Gasteiger partial charge >= 0.3 is 0 Å². The van der Waals surface area contributed by atoms with Gasteiger partial charge in [-0.15, -0.1) is 0 Å². The van der Waals surface area contributed by atoms with Crippen LogP contribution in [0.5, 0.6) is 0 Å². The standard InChI is InChI=1S/C10H7N3O.C2H6/c1-6-2-3-12-9-8(6)13-5-7(4-11)10(9)14;1-2/h2-3,5H,1H3,(H,13,14);1-2H3. The van der Waals surface area contributed by atoms with E-state index >= 15 is 0 Å². The molecule has 0 spiro atoms. The van der Waals surface area contributed by atoms with Crippen molar-refractivity contribution in [2.24, 2.45) is 0 Å². The molecule has 0 unspecified atom stereocenters.